The van der Waals surface area contributed by atoms with Crippen LogP contribution in [0.25, 0.3) is 0 Å². The second kappa shape index (κ2) is 6.00. The molecule has 0 fully saturated rings. The van der Waals surface area contributed by atoms with E-state index in [0.29, 0.717) is 0 Å². The van der Waals surface area contributed by atoms with E-state index in [-0.39, 0.29) is 29.7 Å². The average Bonchev–Trinajstić information content (AvgIpc) is 2.11. The van der Waals surface area contributed by atoms with Crippen LogP contribution in [0.3, 0.4) is 0 Å². The molecule has 0 aromatic carbocycles. The van der Waals surface area contributed by atoms with Gasteiger partial charge in [0, 0.05) is 12.5 Å². The molecule has 0 heterocycles. The highest BCUT2D eigenvalue weighted by molar-refractivity contribution is 5.86. The second-order valence-corrected chi connectivity index (χ2v) is 5.87. The van der Waals surface area contributed by atoms with Crippen molar-refractivity contribution in [3.63, 3.8) is 0 Å². The van der Waals surface area contributed by atoms with Crippen LogP contribution >= 0.6 is 0 Å². The Balaban J connectivity index is 4.40. The lowest BCUT2D eigenvalue weighted by molar-refractivity contribution is -0.128. The molecule has 2 unspecified atom stereocenters. The van der Waals surface area contributed by atoms with Gasteiger partial charge in [0.15, 0.2) is 0 Å². The molecule has 0 rings (SSSR count). The number of nitrogens with two attached hydrogens (primary N) is 2. The number of carbonyl (C=O) groups is 2. The smallest absolute Gasteiger partial charge is 0.240 e. The molecule has 5 heteroatoms. The molecule has 0 aromatic rings. The third-order valence-electron chi connectivity index (χ3n) is 2.81. The molecule has 0 aliphatic rings. The molecule has 5 N–H and O–H groups in total. The van der Waals surface area contributed by atoms with E-state index < -0.39 is 11.9 Å². The first-order valence-electron chi connectivity index (χ1n) is 5.90. The van der Waals surface area contributed by atoms with E-state index in [1.54, 1.807) is 0 Å². The van der Waals surface area contributed by atoms with Gasteiger partial charge >= 0.3 is 0 Å². The van der Waals surface area contributed by atoms with Gasteiger partial charge in [-0.25, -0.2) is 0 Å². The summed E-state index contributed by atoms with van der Waals surface area (Å²) in [5, 5.41) is 2.63. The minimum absolute atomic E-state index is 0.0256. The zero-order chi connectivity index (χ0) is 13.8. The van der Waals surface area contributed by atoms with Gasteiger partial charge in [0.05, 0.1) is 0 Å². The van der Waals surface area contributed by atoms with Crippen LogP contribution in [0.5, 0.6) is 0 Å². The molecular formula is C12H25N3O2. The maximum atomic E-state index is 11.7. The molecule has 0 bridgehead atoms. The molecule has 17 heavy (non-hydrogen) atoms. The van der Waals surface area contributed by atoms with Crippen LogP contribution in [0.1, 0.15) is 41.0 Å². The van der Waals surface area contributed by atoms with Crippen molar-refractivity contribution in [2.75, 3.05) is 0 Å². The van der Waals surface area contributed by atoms with Crippen molar-refractivity contribution in [1.82, 2.24) is 5.32 Å². The van der Waals surface area contributed by atoms with Crippen LogP contribution in [0, 0.1) is 11.3 Å². The third kappa shape index (κ3) is 5.68. The van der Waals surface area contributed by atoms with Crippen molar-refractivity contribution in [2.45, 2.75) is 53.1 Å². The molecular weight excluding hydrogens is 218 g/mol. The summed E-state index contributed by atoms with van der Waals surface area (Å²) in [7, 11) is 0. The number of hydrogen-bond donors (Lipinski definition) is 3. The molecule has 0 saturated carbocycles. The van der Waals surface area contributed by atoms with E-state index in [4.69, 9.17) is 11.5 Å². The van der Waals surface area contributed by atoms with Crippen LogP contribution < -0.4 is 16.8 Å². The van der Waals surface area contributed by atoms with Gasteiger partial charge in [-0.05, 0) is 11.3 Å². The standard InChI is InChI=1S/C12H25N3O2/c1-7(2)10(11(14)17)15-9(16)6-8(13)12(3,4)5/h7-8,10H,6,13H2,1-5H3,(H2,14,17)(H,15,16). The fourth-order valence-corrected chi connectivity index (χ4v) is 1.30. The van der Waals surface area contributed by atoms with Gasteiger partial charge in [-0.1, -0.05) is 34.6 Å². The van der Waals surface area contributed by atoms with Crippen LogP contribution in [-0.4, -0.2) is 23.9 Å². The van der Waals surface area contributed by atoms with Crippen LogP contribution in [0.4, 0.5) is 0 Å². The first-order valence-corrected chi connectivity index (χ1v) is 5.90. The Morgan fingerprint density at radius 1 is 1.24 bits per heavy atom. The van der Waals surface area contributed by atoms with Crippen molar-refractivity contribution in [2.24, 2.45) is 22.8 Å². The van der Waals surface area contributed by atoms with Gasteiger partial charge in [0.1, 0.15) is 6.04 Å². The number of amides is 2. The highest BCUT2D eigenvalue weighted by Gasteiger charge is 2.26. The fraction of sp³-hybridized carbons (Fsp3) is 0.833. The Morgan fingerprint density at radius 3 is 2.00 bits per heavy atom. The van der Waals surface area contributed by atoms with Crippen molar-refractivity contribution in [3.8, 4) is 0 Å². The Bertz CT molecular complexity index is 282. The Kier molecular flexibility index (Phi) is 5.61. The third-order valence-corrected chi connectivity index (χ3v) is 2.81. The minimum atomic E-state index is -0.630. The van der Waals surface area contributed by atoms with E-state index in [0.717, 1.165) is 0 Å². The molecule has 5 nitrogen and oxygen atoms in total. The van der Waals surface area contributed by atoms with Crippen LogP contribution in [0.2, 0.25) is 0 Å². The summed E-state index contributed by atoms with van der Waals surface area (Å²) in [5.41, 5.74) is 11.0. The zero-order valence-corrected chi connectivity index (χ0v) is 11.4. The highest BCUT2D eigenvalue weighted by Crippen LogP contribution is 2.19. The second-order valence-electron chi connectivity index (χ2n) is 5.87. The quantitative estimate of drug-likeness (QED) is 0.651. The van der Waals surface area contributed by atoms with Gasteiger partial charge in [0.25, 0.3) is 0 Å². The molecule has 0 aromatic heterocycles. The number of primary amides is 1. The Morgan fingerprint density at radius 2 is 1.71 bits per heavy atom. The lowest BCUT2D eigenvalue weighted by Gasteiger charge is -2.27. The first kappa shape index (κ1) is 15.9. The largest absolute Gasteiger partial charge is 0.368 e. The van der Waals surface area contributed by atoms with E-state index >= 15 is 0 Å². The molecule has 0 saturated heterocycles. The Hall–Kier alpha value is -1.10. The van der Waals surface area contributed by atoms with E-state index in [9.17, 15) is 9.59 Å². The maximum Gasteiger partial charge on any atom is 0.240 e. The van der Waals surface area contributed by atoms with Crippen molar-refractivity contribution in [3.05, 3.63) is 0 Å². The summed E-state index contributed by atoms with van der Waals surface area (Å²) < 4.78 is 0. The van der Waals surface area contributed by atoms with Crippen LogP contribution in [0.15, 0.2) is 0 Å². The summed E-state index contributed by atoms with van der Waals surface area (Å²) >= 11 is 0. The monoisotopic (exact) mass is 243 g/mol. The minimum Gasteiger partial charge on any atom is -0.368 e. The molecule has 2 amide bonds. The van der Waals surface area contributed by atoms with Gasteiger partial charge < -0.3 is 16.8 Å². The van der Waals surface area contributed by atoms with Crippen molar-refractivity contribution >= 4 is 11.8 Å². The lowest BCUT2D eigenvalue weighted by Crippen LogP contribution is -2.49. The zero-order valence-electron chi connectivity index (χ0n) is 11.4. The summed E-state index contributed by atoms with van der Waals surface area (Å²) in [4.78, 5) is 22.9. The normalized spacial score (nSPS) is 15.5. The number of nitrogens with one attached hydrogen (secondary N) is 1. The van der Waals surface area contributed by atoms with Gasteiger partial charge in [-0.15, -0.1) is 0 Å². The van der Waals surface area contributed by atoms with Crippen LogP contribution in [-0.2, 0) is 9.59 Å². The van der Waals surface area contributed by atoms with Crippen molar-refractivity contribution in [1.29, 1.82) is 0 Å². The van der Waals surface area contributed by atoms with Gasteiger partial charge in [0.2, 0.25) is 11.8 Å². The average molecular weight is 243 g/mol. The summed E-state index contributed by atoms with van der Waals surface area (Å²) in [5.74, 6) is -0.773. The Labute approximate surface area is 103 Å². The molecule has 0 spiro atoms. The van der Waals surface area contributed by atoms with Gasteiger partial charge in [-0.2, -0.15) is 0 Å². The van der Waals surface area contributed by atoms with E-state index in [1.807, 2.05) is 34.6 Å². The first-order chi connectivity index (χ1) is 7.55. The van der Waals surface area contributed by atoms with Gasteiger partial charge in [-0.3, -0.25) is 9.59 Å². The molecule has 0 aliphatic heterocycles. The predicted octanol–water partition coefficient (Wildman–Crippen LogP) is 0.376. The predicted molar refractivity (Wildman–Crippen MR) is 68.0 cm³/mol. The molecule has 2 atom stereocenters. The van der Waals surface area contributed by atoms with E-state index in [1.165, 1.54) is 0 Å². The fourth-order valence-electron chi connectivity index (χ4n) is 1.30. The summed E-state index contributed by atoms with van der Waals surface area (Å²) in [6.07, 6.45) is 0.194. The van der Waals surface area contributed by atoms with E-state index in [2.05, 4.69) is 5.32 Å². The number of carbonyl (C=O) groups excluding carboxylic acids is 2. The number of hydrogen-bond acceptors (Lipinski definition) is 3. The molecule has 0 aliphatic carbocycles. The SMILES string of the molecule is CC(C)C(NC(=O)CC(N)C(C)(C)C)C(N)=O. The summed E-state index contributed by atoms with van der Waals surface area (Å²) in [6.45, 7) is 9.58. The van der Waals surface area contributed by atoms with Crippen molar-refractivity contribution < 1.29 is 9.59 Å². The molecule has 100 valence electrons. The highest BCUT2D eigenvalue weighted by atomic mass is 16.2. The summed E-state index contributed by atoms with van der Waals surface area (Å²) in [6, 6.07) is -0.877. The number of rotatable bonds is 5. The molecule has 0 radical (unpaired) electrons. The topological polar surface area (TPSA) is 98.2 Å². The lowest BCUT2D eigenvalue weighted by atomic mass is 9.85. The maximum absolute atomic E-state index is 11.7.